The third-order valence-electron chi connectivity index (χ3n) is 4.46. The molecule has 3 rings (SSSR count). The van der Waals surface area contributed by atoms with Gasteiger partial charge >= 0.3 is 0 Å². The predicted molar refractivity (Wildman–Crippen MR) is 105 cm³/mol. The maximum Gasteiger partial charge on any atom is 0.265 e. The van der Waals surface area contributed by atoms with Gasteiger partial charge in [-0.05, 0) is 43.3 Å². The number of hydrogen-bond acceptors (Lipinski definition) is 5. The molecule has 148 valence electrons. The summed E-state index contributed by atoms with van der Waals surface area (Å²) in [4.78, 5) is 27.1. The topological polar surface area (TPSA) is 77.1 Å². The van der Waals surface area contributed by atoms with E-state index in [1.54, 1.807) is 67.5 Å². The van der Waals surface area contributed by atoms with E-state index in [4.69, 9.17) is 14.2 Å². The van der Waals surface area contributed by atoms with Crippen molar-refractivity contribution in [2.45, 2.75) is 13.0 Å². The molecule has 1 heterocycles. The molecule has 7 nitrogen and oxygen atoms in total. The van der Waals surface area contributed by atoms with Crippen LogP contribution in [0.1, 0.15) is 17.3 Å². The minimum Gasteiger partial charge on any atom is -0.497 e. The fourth-order valence-corrected chi connectivity index (χ4v) is 2.86. The Morgan fingerprint density at radius 2 is 1.68 bits per heavy atom. The van der Waals surface area contributed by atoms with Gasteiger partial charge in [-0.25, -0.2) is 0 Å². The van der Waals surface area contributed by atoms with Gasteiger partial charge in [0.15, 0.2) is 6.10 Å². The number of methoxy groups -OCH3 is 1. The third-order valence-corrected chi connectivity index (χ3v) is 4.46. The summed E-state index contributed by atoms with van der Waals surface area (Å²) in [5.74, 6) is 0.808. The first kappa shape index (κ1) is 19.7. The number of rotatable bonds is 6. The lowest BCUT2D eigenvalue weighted by atomic mass is 10.1. The highest BCUT2D eigenvalue weighted by Gasteiger charge is 2.23. The van der Waals surface area contributed by atoms with E-state index in [1.165, 1.54) is 0 Å². The Hall–Kier alpha value is -3.06. The van der Waals surface area contributed by atoms with Crippen LogP contribution in [0.3, 0.4) is 0 Å². The quantitative estimate of drug-likeness (QED) is 0.828. The number of hydrogen-bond donors (Lipinski definition) is 1. The number of morpholine rings is 1. The van der Waals surface area contributed by atoms with Crippen molar-refractivity contribution >= 4 is 17.5 Å². The summed E-state index contributed by atoms with van der Waals surface area (Å²) in [5, 5.41) is 2.81. The van der Waals surface area contributed by atoms with Crippen LogP contribution < -0.4 is 14.8 Å². The summed E-state index contributed by atoms with van der Waals surface area (Å²) >= 11 is 0. The summed E-state index contributed by atoms with van der Waals surface area (Å²) in [6.45, 7) is 3.78. The van der Waals surface area contributed by atoms with Gasteiger partial charge in [0.2, 0.25) is 0 Å². The zero-order chi connectivity index (χ0) is 19.9. The fourth-order valence-electron chi connectivity index (χ4n) is 2.86. The van der Waals surface area contributed by atoms with Crippen LogP contribution in [-0.4, -0.2) is 56.2 Å². The molecule has 0 spiro atoms. The molecule has 1 aliphatic rings. The lowest BCUT2D eigenvalue weighted by Crippen LogP contribution is -2.41. The van der Waals surface area contributed by atoms with Gasteiger partial charge in [-0.15, -0.1) is 0 Å². The van der Waals surface area contributed by atoms with Crippen molar-refractivity contribution in [2.75, 3.05) is 38.7 Å². The molecular formula is C21H24N2O5. The first-order chi connectivity index (χ1) is 13.6. The molecule has 1 saturated heterocycles. The SMILES string of the molecule is COc1ccc(OC(C)C(=O)Nc2ccccc2C(=O)N2CCOCC2)cc1. The van der Waals surface area contributed by atoms with E-state index in [9.17, 15) is 9.59 Å². The molecule has 2 amide bonds. The Labute approximate surface area is 164 Å². The molecule has 1 atom stereocenters. The van der Waals surface area contributed by atoms with Crippen molar-refractivity contribution in [1.29, 1.82) is 0 Å². The van der Waals surface area contributed by atoms with Gasteiger partial charge in [0.05, 0.1) is 31.6 Å². The molecule has 1 fully saturated rings. The zero-order valence-corrected chi connectivity index (χ0v) is 16.0. The van der Waals surface area contributed by atoms with Gasteiger partial charge in [-0.2, -0.15) is 0 Å². The lowest BCUT2D eigenvalue weighted by molar-refractivity contribution is -0.122. The van der Waals surface area contributed by atoms with Crippen molar-refractivity contribution in [3.63, 3.8) is 0 Å². The lowest BCUT2D eigenvalue weighted by Gasteiger charge is -2.27. The molecule has 1 N–H and O–H groups in total. The minimum atomic E-state index is -0.736. The van der Waals surface area contributed by atoms with Crippen molar-refractivity contribution in [3.8, 4) is 11.5 Å². The van der Waals surface area contributed by atoms with E-state index in [0.29, 0.717) is 49.1 Å². The minimum absolute atomic E-state index is 0.122. The molecule has 0 saturated carbocycles. The Kier molecular flexibility index (Phi) is 6.49. The highest BCUT2D eigenvalue weighted by atomic mass is 16.5. The van der Waals surface area contributed by atoms with Crippen LogP contribution in [0.2, 0.25) is 0 Å². The largest absolute Gasteiger partial charge is 0.497 e. The van der Waals surface area contributed by atoms with E-state index in [0.717, 1.165) is 0 Å². The molecule has 7 heteroatoms. The average Bonchev–Trinajstić information content (AvgIpc) is 2.74. The highest BCUT2D eigenvalue weighted by Crippen LogP contribution is 2.21. The second-order valence-electron chi connectivity index (χ2n) is 6.38. The van der Waals surface area contributed by atoms with Crippen molar-refractivity contribution < 1.29 is 23.8 Å². The summed E-state index contributed by atoms with van der Waals surface area (Å²) < 4.78 is 16.1. The number of ether oxygens (including phenoxy) is 3. The molecule has 2 aromatic rings. The van der Waals surface area contributed by atoms with Gasteiger partial charge in [-0.1, -0.05) is 12.1 Å². The summed E-state index contributed by atoms with van der Waals surface area (Å²) in [6, 6.07) is 14.0. The molecular weight excluding hydrogens is 360 g/mol. The van der Waals surface area contributed by atoms with Gasteiger partial charge in [0, 0.05) is 13.1 Å². The van der Waals surface area contributed by atoms with Gasteiger partial charge in [-0.3, -0.25) is 9.59 Å². The number of nitrogens with zero attached hydrogens (tertiary/aromatic N) is 1. The summed E-state index contributed by atoms with van der Waals surface area (Å²) in [6.07, 6.45) is -0.736. The molecule has 2 aromatic carbocycles. The van der Waals surface area contributed by atoms with E-state index in [2.05, 4.69) is 5.32 Å². The standard InChI is InChI=1S/C21H24N2O5/c1-15(28-17-9-7-16(26-2)8-10-17)20(24)22-19-6-4-3-5-18(19)21(25)23-11-13-27-14-12-23/h3-10,15H,11-14H2,1-2H3,(H,22,24). The van der Waals surface area contributed by atoms with Crippen LogP contribution in [0.15, 0.2) is 48.5 Å². The van der Waals surface area contributed by atoms with Crippen LogP contribution in [-0.2, 0) is 9.53 Å². The highest BCUT2D eigenvalue weighted by molar-refractivity contribution is 6.04. The van der Waals surface area contributed by atoms with E-state index in [-0.39, 0.29) is 11.8 Å². The number of nitrogens with one attached hydrogen (secondary N) is 1. The van der Waals surface area contributed by atoms with E-state index < -0.39 is 6.10 Å². The van der Waals surface area contributed by atoms with Crippen LogP contribution >= 0.6 is 0 Å². The predicted octanol–water partition coefficient (Wildman–Crippen LogP) is 2.57. The number of carbonyl (C=O) groups is 2. The Morgan fingerprint density at radius 1 is 1.04 bits per heavy atom. The molecule has 0 bridgehead atoms. The fraction of sp³-hybridized carbons (Fsp3) is 0.333. The van der Waals surface area contributed by atoms with Crippen LogP contribution in [0, 0.1) is 0 Å². The molecule has 1 aliphatic heterocycles. The molecule has 0 aliphatic carbocycles. The van der Waals surface area contributed by atoms with Gasteiger partial charge in [0.25, 0.3) is 11.8 Å². The second-order valence-corrected chi connectivity index (χ2v) is 6.38. The summed E-state index contributed by atoms with van der Waals surface area (Å²) in [5.41, 5.74) is 0.920. The zero-order valence-electron chi connectivity index (χ0n) is 16.0. The molecule has 1 unspecified atom stereocenters. The number of para-hydroxylation sites is 1. The van der Waals surface area contributed by atoms with E-state index >= 15 is 0 Å². The number of carbonyl (C=O) groups excluding carboxylic acids is 2. The smallest absolute Gasteiger partial charge is 0.265 e. The first-order valence-corrected chi connectivity index (χ1v) is 9.16. The second kappa shape index (κ2) is 9.23. The van der Waals surface area contributed by atoms with Gasteiger partial charge < -0.3 is 24.4 Å². The molecule has 0 radical (unpaired) electrons. The molecule has 28 heavy (non-hydrogen) atoms. The van der Waals surface area contributed by atoms with E-state index in [1.807, 2.05) is 0 Å². The monoisotopic (exact) mass is 384 g/mol. The summed E-state index contributed by atoms with van der Waals surface area (Å²) in [7, 11) is 1.58. The van der Waals surface area contributed by atoms with Crippen LogP contribution in [0.25, 0.3) is 0 Å². The number of benzene rings is 2. The Morgan fingerprint density at radius 3 is 2.36 bits per heavy atom. The number of anilines is 1. The average molecular weight is 384 g/mol. The third kappa shape index (κ3) is 4.80. The van der Waals surface area contributed by atoms with Crippen molar-refractivity contribution in [3.05, 3.63) is 54.1 Å². The number of amides is 2. The molecule has 0 aromatic heterocycles. The Balaban J connectivity index is 1.66. The maximum absolute atomic E-state index is 12.8. The Bertz CT molecular complexity index is 816. The normalized spacial score (nSPS) is 14.9. The maximum atomic E-state index is 12.8. The van der Waals surface area contributed by atoms with Crippen LogP contribution in [0.5, 0.6) is 11.5 Å². The first-order valence-electron chi connectivity index (χ1n) is 9.16. The van der Waals surface area contributed by atoms with Crippen LogP contribution in [0.4, 0.5) is 5.69 Å². The van der Waals surface area contributed by atoms with Gasteiger partial charge in [0.1, 0.15) is 11.5 Å². The van der Waals surface area contributed by atoms with Crippen molar-refractivity contribution in [2.24, 2.45) is 0 Å². The van der Waals surface area contributed by atoms with Crippen molar-refractivity contribution in [1.82, 2.24) is 4.90 Å².